The highest BCUT2D eigenvalue weighted by atomic mass is 16.5. The number of aryl methyl sites for hydroxylation is 1. The van der Waals surface area contributed by atoms with E-state index < -0.39 is 5.97 Å². The molecular formula is C12H14O3. The lowest BCUT2D eigenvalue weighted by Crippen LogP contribution is -2.01. The van der Waals surface area contributed by atoms with Crippen LogP contribution in [0.5, 0.6) is 5.75 Å². The standard InChI is InChI=1S/C12H14O3/c1-2-9-15-11-6-4-3-5-10(11)7-8-12(13)14/h2-6H,1,7-9H2,(H,13,14). The molecule has 1 rings (SSSR count). The molecule has 0 saturated heterocycles. The highest BCUT2D eigenvalue weighted by Gasteiger charge is 2.04. The number of aliphatic carboxylic acids is 1. The first-order valence-electron chi connectivity index (χ1n) is 4.77. The van der Waals surface area contributed by atoms with E-state index in [-0.39, 0.29) is 6.42 Å². The van der Waals surface area contributed by atoms with Gasteiger partial charge in [-0.05, 0) is 18.1 Å². The summed E-state index contributed by atoms with van der Waals surface area (Å²) in [6.07, 6.45) is 2.27. The summed E-state index contributed by atoms with van der Waals surface area (Å²) < 4.78 is 5.41. The minimum Gasteiger partial charge on any atom is -0.489 e. The van der Waals surface area contributed by atoms with Gasteiger partial charge in [0.25, 0.3) is 0 Å². The quantitative estimate of drug-likeness (QED) is 0.726. The Morgan fingerprint density at radius 1 is 1.47 bits per heavy atom. The van der Waals surface area contributed by atoms with E-state index in [1.807, 2.05) is 24.3 Å². The van der Waals surface area contributed by atoms with E-state index in [4.69, 9.17) is 9.84 Å². The van der Waals surface area contributed by atoms with Gasteiger partial charge in [-0.25, -0.2) is 0 Å². The third-order valence-corrected chi connectivity index (χ3v) is 1.94. The number of rotatable bonds is 6. The Hall–Kier alpha value is -1.77. The Bertz CT molecular complexity index is 344. The molecular weight excluding hydrogens is 192 g/mol. The Labute approximate surface area is 89.0 Å². The van der Waals surface area contributed by atoms with Crippen LogP contribution in [0.15, 0.2) is 36.9 Å². The second-order valence-electron chi connectivity index (χ2n) is 3.10. The van der Waals surface area contributed by atoms with Crippen LogP contribution in [0.25, 0.3) is 0 Å². The van der Waals surface area contributed by atoms with Gasteiger partial charge in [-0.3, -0.25) is 4.79 Å². The molecule has 0 aliphatic rings. The van der Waals surface area contributed by atoms with Gasteiger partial charge < -0.3 is 9.84 Å². The van der Waals surface area contributed by atoms with Crippen molar-refractivity contribution in [1.82, 2.24) is 0 Å². The van der Waals surface area contributed by atoms with Crippen molar-refractivity contribution < 1.29 is 14.6 Å². The van der Waals surface area contributed by atoms with E-state index in [1.165, 1.54) is 0 Å². The molecule has 0 amide bonds. The zero-order valence-electron chi connectivity index (χ0n) is 8.48. The summed E-state index contributed by atoms with van der Waals surface area (Å²) in [4.78, 5) is 10.4. The van der Waals surface area contributed by atoms with Crippen LogP contribution < -0.4 is 4.74 Å². The van der Waals surface area contributed by atoms with Crippen molar-refractivity contribution >= 4 is 5.97 Å². The molecule has 0 heterocycles. The molecule has 0 spiro atoms. The smallest absolute Gasteiger partial charge is 0.303 e. The van der Waals surface area contributed by atoms with E-state index in [1.54, 1.807) is 6.08 Å². The van der Waals surface area contributed by atoms with Gasteiger partial charge in [-0.15, -0.1) is 0 Å². The first kappa shape index (κ1) is 11.3. The zero-order valence-corrected chi connectivity index (χ0v) is 8.48. The van der Waals surface area contributed by atoms with Gasteiger partial charge in [0.2, 0.25) is 0 Å². The first-order chi connectivity index (χ1) is 7.24. The Balaban J connectivity index is 2.67. The summed E-state index contributed by atoms with van der Waals surface area (Å²) in [5.41, 5.74) is 0.918. The second-order valence-corrected chi connectivity index (χ2v) is 3.10. The van der Waals surface area contributed by atoms with Crippen molar-refractivity contribution in [2.45, 2.75) is 12.8 Å². The fourth-order valence-corrected chi connectivity index (χ4v) is 1.24. The summed E-state index contributed by atoms with van der Waals surface area (Å²) >= 11 is 0. The van der Waals surface area contributed by atoms with Crippen molar-refractivity contribution in [3.63, 3.8) is 0 Å². The summed E-state index contributed by atoms with van der Waals surface area (Å²) in [6.45, 7) is 4.00. The van der Waals surface area contributed by atoms with Gasteiger partial charge in [0.05, 0.1) is 0 Å². The number of hydrogen-bond acceptors (Lipinski definition) is 2. The molecule has 0 unspecified atom stereocenters. The predicted octanol–water partition coefficient (Wildman–Crippen LogP) is 2.27. The number of carboxylic acid groups (broad SMARTS) is 1. The summed E-state index contributed by atoms with van der Waals surface area (Å²) in [7, 11) is 0. The third-order valence-electron chi connectivity index (χ3n) is 1.94. The molecule has 1 aromatic rings. The molecule has 3 nitrogen and oxygen atoms in total. The number of ether oxygens (including phenoxy) is 1. The molecule has 0 saturated carbocycles. The summed E-state index contributed by atoms with van der Waals surface area (Å²) in [5, 5.41) is 8.58. The normalized spacial score (nSPS) is 9.60. The molecule has 0 radical (unpaired) electrons. The van der Waals surface area contributed by atoms with Crippen molar-refractivity contribution in [3.05, 3.63) is 42.5 Å². The van der Waals surface area contributed by atoms with Crippen LogP contribution in [0.3, 0.4) is 0 Å². The minimum absolute atomic E-state index is 0.120. The fourth-order valence-electron chi connectivity index (χ4n) is 1.24. The number of hydrogen-bond donors (Lipinski definition) is 1. The lowest BCUT2D eigenvalue weighted by Gasteiger charge is -2.08. The maximum atomic E-state index is 10.4. The average Bonchev–Trinajstić information content (AvgIpc) is 2.24. The first-order valence-corrected chi connectivity index (χ1v) is 4.77. The molecule has 0 aliphatic heterocycles. The summed E-state index contributed by atoms with van der Waals surface area (Å²) in [6, 6.07) is 7.45. The maximum Gasteiger partial charge on any atom is 0.303 e. The van der Waals surface area contributed by atoms with E-state index in [2.05, 4.69) is 6.58 Å². The van der Waals surface area contributed by atoms with Crippen molar-refractivity contribution in [2.75, 3.05) is 6.61 Å². The Morgan fingerprint density at radius 2 is 2.20 bits per heavy atom. The fraction of sp³-hybridized carbons (Fsp3) is 0.250. The molecule has 1 aromatic carbocycles. The Morgan fingerprint density at radius 3 is 2.87 bits per heavy atom. The van der Waals surface area contributed by atoms with Crippen LogP contribution >= 0.6 is 0 Å². The van der Waals surface area contributed by atoms with Crippen LogP contribution in [-0.4, -0.2) is 17.7 Å². The number of para-hydroxylation sites is 1. The molecule has 1 N–H and O–H groups in total. The Kier molecular flexibility index (Phi) is 4.41. The molecule has 0 aromatic heterocycles. The minimum atomic E-state index is -0.798. The van der Waals surface area contributed by atoms with Crippen LogP contribution in [0.1, 0.15) is 12.0 Å². The van der Waals surface area contributed by atoms with E-state index >= 15 is 0 Å². The van der Waals surface area contributed by atoms with Crippen molar-refractivity contribution in [1.29, 1.82) is 0 Å². The van der Waals surface area contributed by atoms with Gasteiger partial charge in [-0.2, -0.15) is 0 Å². The number of benzene rings is 1. The van der Waals surface area contributed by atoms with Crippen LogP contribution in [0.2, 0.25) is 0 Å². The lowest BCUT2D eigenvalue weighted by molar-refractivity contribution is -0.136. The average molecular weight is 206 g/mol. The third kappa shape index (κ3) is 3.85. The largest absolute Gasteiger partial charge is 0.489 e. The lowest BCUT2D eigenvalue weighted by atomic mass is 10.1. The molecule has 0 bridgehead atoms. The second kappa shape index (κ2) is 5.86. The molecule has 0 atom stereocenters. The van der Waals surface area contributed by atoms with Gasteiger partial charge in [0, 0.05) is 6.42 Å². The molecule has 0 fully saturated rings. The van der Waals surface area contributed by atoms with Crippen molar-refractivity contribution in [2.24, 2.45) is 0 Å². The van der Waals surface area contributed by atoms with E-state index in [9.17, 15) is 4.79 Å². The molecule has 3 heteroatoms. The zero-order chi connectivity index (χ0) is 11.1. The van der Waals surface area contributed by atoms with E-state index in [0.717, 1.165) is 11.3 Å². The number of carbonyl (C=O) groups is 1. The van der Waals surface area contributed by atoms with Crippen molar-refractivity contribution in [3.8, 4) is 5.75 Å². The molecule has 15 heavy (non-hydrogen) atoms. The summed E-state index contributed by atoms with van der Waals surface area (Å²) in [5.74, 6) is -0.0628. The maximum absolute atomic E-state index is 10.4. The van der Waals surface area contributed by atoms with Crippen LogP contribution in [-0.2, 0) is 11.2 Å². The van der Waals surface area contributed by atoms with Crippen LogP contribution in [0.4, 0.5) is 0 Å². The van der Waals surface area contributed by atoms with Gasteiger partial charge >= 0.3 is 5.97 Å². The molecule has 0 aliphatic carbocycles. The highest BCUT2D eigenvalue weighted by molar-refractivity contribution is 5.67. The van der Waals surface area contributed by atoms with Gasteiger partial charge in [0.15, 0.2) is 0 Å². The molecule has 80 valence electrons. The highest BCUT2D eigenvalue weighted by Crippen LogP contribution is 2.19. The SMILES string of the molecule is C=CCOc1ccccc1CCC(=O)O. The van der Waals surface area contributed by atoms with Gasteiger partial charge in [0.1, 0.15) is 12.4 Å². The number of carboxylic acids is 1. The topological polar surface area (TPSA) is 46.5 Å². The predicted molar refractivity (Wildman–Crippen MR) is 58.1 cm³/mol. The van der Waals surface area contributed by atoms with E-state index in [0.29, 0.717) is 13.0 Å². The monoisotopic (exact) mass is 206 g/mol. The van der Waals surface area contributed by atoms with Gasteiger partial charge in [-0.1, -0.05) is 30.9 Å². The van der Waals surface area contributed by atoms with Crippen LogP contribution in [0, 0.1) is 0 Å².